The van der Waals surface area contributed by atoms with Crippen LogP contribution in [0.25, 0.3) is 0 Å². The largest absolute Gasteiger partial charge is 0.416 e. The van der Waals surface area contributed by atoms with Gasteiger partial charge in [-0.3, -0.25) is 0 Å². The average Bonchev–Trinajstić information content (AvgIpc) is 3.06. The highest BCUT2D eigenvalue weighted by molar-refractivity contribution is 5.29. The summed E-state index contributed by atoms with van der Waals surface area (Å²) < 4.78 is 38.9. The van der Waals surface area contributed by atoms with Crippen molar-refractivity contribution in [2.24, 2.45) is 17.8 Å². The van der Waals surface area contributed by atoms with Crippen molar-refractivity contribution in [1.82, 2.24) is 5.32 Å². The molecule has 0 saturated heterocycles. The van der Waals surface area contributed by atoms with E-state index >= 15 is 0 Å². The zero-order valence-electron chi connectivity index (χ0n) is 12.3. The third kappa shape index (κ3) is 3.10. The van der Waals surface area contributed by atoms with Gasteiger partial charge in [-0.05, 0) is 55.6 Å². The Morgan fingerprint density at radius 2 is 1.95 bits per heavy atom. The molecule has 4 heteroatoms. The smallest absolute Gasteiger partial charge is 0.310 e. The van der Waals surface area contributed by atoms with E-state index in [0.717, 1.165) is 11.8 Å². The molecular weight excluding hydrogens is 275 g/mol. The summed E-state index contributed by atoms with van der Waals surface area (Å²) in [6, 6.07) is 6.16. The maximum atomic E-state index is 13.0. The molecule has 21 heavy (non-hydrogen) atoms. The van der Waals surface area contributed by atoms with E-state index in [4.69, 9.17) is 0 Å². The second kappa shape index (κ2) is 5.64. The van der Waals surface area contributed by atoms with Crippen molar-refractivity contribution in [3.63, 3.8) is 0 Å². The maximum absolute atomic E-state index is 13.0. The fourth-order valence-electron chi connectivity index (χ4n) is 4.28. The monoisotopic (exact) mass is 297 g/mol. The SMILES string of the molecule is C[C@H](NCc1ccccc1C(F)(F)F)[C@@H]1C[C@H]2CC[C@H]1C2. The first-order chi connectivity index (χ1) is 9.95. The zero-order valence-corrected chi connectivity index (χ0v) is 12.3. The predicted octanol–water partition coefficient (Wildman–Crippen LogP) is 4.62. The van der Waals surface area contributed by atoms with Crippen molar-refractivity contribution in [2.75, 3.05) is 0 Å². The van der Waals surface area contributed by atoms with Gasteiger partial charge in [0.2, 0.25) is 0 Å². The van der Waals surface area contributed by atoms with Gasteiger partial charge in [0, 0.05) is 12.6 Å². The van der Waals surface area contributed by atoms with Crippen LogP contribution in [-0.4, -0.2) is 6.04 Å². The van der Waals surface area contributed by atoms with Crippen molar-refractivity contribution < 1.29 is 13.2 Å². The molecule has 2 bridgehead atoms. The maximum Gasteiger partial charge on any atom is 0.416 e. The number of hydrogen-bond donors (Lipinski definition) is 1. The van der Waals surface area contributed by atoms with Crippen molar-refractivity contribution in [3.8, 4) is 0 Å². The average molecular weight is 297 g/mol. The summed E-state index contributed by atoms with van der Waals surface area (Å²) in [5.74, 6) is 2.30. The van der Waals surface area contributed by atoms with E-state index in [9.17, 15) is 13.2 Å². The van der Waals surface area contributed by atoms with Gasteiger partial charge in [0.25, 0.3) is 0 Å². The summed E-state index contributed by atoms with van der Waals surface area (Å²) in [6.07, 6.45) is 0.967. The first-order valence-electron chi connectivity index (χ1n) is 7.83. The lowest BCUT2D eigenvalue weighted by molar-refractivity contribution is -0.138. The van der Waals surface area contributed by atoms with Crippen LogP contribution in [0.4, 0.5) is 13.2 Å². The minimum atomic E-state index is -4.27. The minimum absolute atomic E-state index is 0.293. The van der Waals surface area contributed by atoms with Gasteiger partial charge in [0.15, 0.2) is 0 Å². The van der Waals surface area contributed by atoms with Gasteiger partial charge in [0.1, 0.15) is 0 Å². The number of hydrogen-bond acceptors (Lipinski definition) is 1. The second-order valence-corrected chi connectivity index (χ2v) is 6.66. The summed E-state index contributed by atoms with van der Waals surface area (Å²) in [7, 11) is 0. The molecule has 0 aliphatic heterocycles. The van der Waals surface area contributed by atoms with Crippen molar-refractivity contribution >= 4 is 0 Å². The Kier molecular flexibility index (Phi) is 4.00. The molecule has 2 fully saturated rings. The van der Waals surface area contributed by atoms with Crippen LogP contribution in [0, 0.1) is 17.8 Å². The molecule has 4 atom stereocenters. The van der Waals surface area contributed by atoms with E-state index in [-0.39, 0.29) is 0 Å². The standard InChI is InChI=1S/C17H22F3N/c1-11(15-9-12-6-7-13(15)8-12)21-10-14-4-2-3-5-16(14)17(18,19)20/h2-5,11-13,15,21H,6-10H2,1H3/t11-,12-,13-,15-/m0/s1. The first-order valence-corrected chi connectivity index (χ1v) is 7.83. The molecule has 0 radical (unpaired) electrons. The first kappa shape index (κ1) is 14.9. The summed E-state index contributed by atoms with van der Waals surface area (Å²) in [6.45, 7) is 2.42. The number of alkyl halides is 3. The van der Waals surface area contributed by atoms with E-state index in [1.165, 1.54) is 37.8 Å². The molecular formula is C17H22F3N. The van der Waals surface area contributed by atoms with Crippen LogP contribution in [0.1, 0.15) is 43.7 Å². The highest BCUT2D eigenvalue weighted by Gasteiger charge is 2.41. The van der Waals surface area contributed by atoms with Gasteiger partial charge < -0.3 is 5.32 Å². The lowest BCUT2D eigenvalue weighted by Crippen LogP contribution is -2.36. The van der Waals surface area contributed by atoms with Gasteiger partial charge in [-0.1, -0.05) is 24.6 Å². The Labute approximate surface area is 123 Å². The molecule has 0 amide bonds. The van der Waals surface area contributed by atoms with E-state index in [0.29, 0.717) is 24.1 Å². The Bertz CT molecular complexity index is 497. The predicted molar refractivity (Wildman–Crippen MR) is 76.7 cm³/mol. The summed E-state index contributed by atoms with van der Waals surface area (Å²) in [4.78, 5) is 0. The third-order valence-electron chi connectivity index (χ3n) is 5.37. The molecule has 2 aliphatic rings. The lowest BCUT2D eigenvalue weighted by Gasteiger charge is -2.29. The number of fused-ring (bicyclic) bond motifs is 2. The van der Waals surface area contributed by atoms with Gasteiger partial charge in [-0.2, -0.15) is 13.2 Å². The fourth-order valence-corrected chi connectivity index (χ4v) is 4.28. The summed E-state index contributed by atoms with van der Waals surface area (Å²) >= 11 is 0. The van der Waals surface area contributed by atoms with E-state index < -0.39 is 11.7 Å². The molecule has 2 aliphatic carbocycles. The van der Waals surface area contributed by atoms with E-state index in [1.54, 1.807) is 12.1 Å². The van der Waals surface area contributed by atoms with Gasteiger partial charge in [-0.15, -0.1) is 0 Å². The normalized spacial score (nSPS) is 29.8. The number of halogens is 3. The minimum Gasteiger partial charge on any atom is -0.310 e. The molecule has 3 rings (SSSR count). The Hall–Kier alpha value is -1.03. The molecule has 0 heterocycles. The van der Waals surface area contributed by atoms with Crippen LogP contribution in [-0.2, 0) is 12.7 Å². The molecule has 0 spiro atoms. The Morgan fingerprint density at radius 3 is 2.57 bits per heavy atom. The molecule has 1 aromatic rings. The number of rotatable bonds is 4. The highest BCUT2D eigenvalue weighted by atomic mass is 19.4. The van der Waals surface area contributed by atoms with Crippen molar-refractivity contribution in [2.45, 2.75) is 51.4 Å². The third-order valence-corrected chi connectivity index (χ3v) is 5.37. The van der Waals surface area contributed by atoms with Gasteiger partial charge in [-0.25, -0.2) is 0 Å². The highest BCUT2D eigenvalue weighted by Crippen LogP contribution is 2.49. The van der Waals surface area contributed by atoms with Crippen LogP contribution in [0.2, 0.25) is 0 Å². The molecule has 1 nitrogen and oxygen atoms in total. The Morgan fingerprint density at radius 1 is 1.19 bits per heavy atom. The zero-order chi connectivity index (χ0) is 15.0. The quantitative estimate of drug-likeness (QED) is 0.855. The van der Waals surface area contributed by atoms with Crippen molar-refractivity contribution in [1.29, 1.82) is 0 Å². The molecule has 0 aromatic heterocycles. The van der Waals surface area contributed by atoms with Crippen LogP contribution >= 0.6 is 0 Å². The summed E-state index contributed by atoms with van der Waals surface area (Å²) in [5, 5.41) is 3.34. The lowest BCUT2D eigenvalue weighted by atomic mass is 9.84. The molecule has 2 saturated carbocycles. The van der Waals surface area contributed by atoms with E-state index in [1.807, 2.05) is 0 Å². The second-order valence-electron chi connectivity index (χ2n) is 6.66. The van der Waals surface area contributed by atoms with Crippen LogP contribution in [0.15, 0.2) is 24.3 Å². The topological polar surface area (TPSA) is 12.0 Å². The fraction of sp³-hybridized carbons (Fsp3) is 0.647. The van der Waals surface area contributed by atoms with Crippen LogP contribution < -0.4 is 5.32 Å². The molecule has 1 aromatic carbocycles. The Balaban J connectivity index is 1.63. The van der Waals surface area contributed by atoms with E-state index in [2.05, 4.69) is 12.2 Å². The van der Waals surface area contributed by atoms with Crippen molar-refractivity contribution in [3.05, 3.63) is 35.4 Å². The van der Waals surface area contributed by atoms with Crippen LogP contribution in [0.5, 0.6) is 0 Å². The molecule has 1 N–H and O–H groups in total. The van der Waals surface area contributed by atoms with Gasteiger partial charge in [0.05, 0.1) is 5.56 Å². The molecule has 0 unspecified atom stereocenters. The van der Waals surface area contributed by atoms with Crippen LogP contribution in [0.3, 0.4) is 0 Å². The number of benzene rings is 1. The van der Waals surface area contributed by atoms with Gasteiger partial charge >= 0.3 is 6.18 Å². The molecule has 116 valence electrons. The number of nitrogens with one attached hydrogen (secondary N) is 1. The summed E-state index contributed by atoms with van der Waals surface area (Å²) in [5.41, 5.74) is -0.169.